The van der Waals surface area contributed by atoms with Gasteiger partial charge in [0.1, 0.15) is 12.6 Å². The van der Waals surface area contributed by atoms with Crippen LogP contribution in [0.1, 0.15) is 206 Å². The molecule has 0 aromatic rings. The molecule has 12 heteroatoms. The fraction of sp³-hybridized carbons (Fsp3) is 0.771. The molecule has 3 unspecified atom stereocenters. The molecule has 348 valence electrons. The number of ether oxygens (including phenoxy) is 2. The molecule has 0 amide bonds. The Morgan fingerprint density at radius 2 is 0.933 bits per heavy atom. The van der Waals surface area contributed by atoms with Crippen molar-refractivity contribution in [1.82, 2.24) is 0 Å². The molecule has 0 rings (SSSR count). The fourth-order valence-corrected chi connectivity index (χ4v) is 7.19. The van der Waals surface area contributed by atoms with Gasteiger partial charge in [-0.2, -0.15) is 0 Å². The number of aliphatic carboxylic acids is 1. The summed E-state index contributed by atoms with van der Waals surface area (Å²) in [6, 6.07) is -1.52. The van der Waals surface area contributed by atoms with Crippen molar-refractivity contribution in [2.24, 2.45) is 5.73 Å². The van der Waals surface area contributed by atoms with Gasteiger partial charge in [-0.25, -0.2) is 4.57 Å². The second kappa shape index (κ2) is 43.1. The van der Waals surface area contributed by atoms with Gasteiger partial charge in [0.05, 0.1) is 13.2 Å². The summed E-state index contributed by atoms with van der Waals surface area (Å²) < 4.78 is 32.8. The van der Waals surface area contributed by atoms with Gasteiger partial charge in [-0.15, -0.1) is 0 Å². The van der Waals surface area contributed by atoms with Crippen LogP contribution in [0.5, 0.6) is 0 Å². The minimum Gasteiger partial charge on any atom is -0.480 e. The van der Waals surface area contributed by atoms with Crippen LogP contribution in [0, 0.1) is 0 Å². The van der Waals surface area contributed by atoms with Crippen LogP contribution < -0.4 is 5.73 Å². The molecule has 0 saturated carbocycles. The molecule has 0 spiro atoms. The molecule has 11 nitrogen and oxygen atoms in total. The molecule has 0 bridgehead atoms. The lowest BCUT2D eigenvalue weighted by Gasteiger charge is -2.20. The van der Waals surface area contributed by atoms with Gasteiger partial charge >= 0.3 is 25.7 Å². The molecular weight excluding hydrogens is 781 g/mol. The van der Waals surface area contributed by atoms with E-state index < -0.39 is 51.1 Å². The van der Waals surface area contributed by atoms with Gasteiger partial charge in [0.25, 0.3) is 0 Å². The first-order valence-corrected chi connectivity index (χ1v) is 25.2. The third kappa shape index (κ3) is 42.1. The molecule has 3 atom stereocenters. The number of esters is 2. The number of nitrogens with two attached hydrogens (primary N) is 1. The van der Waals surface area contributed by atoms with Crippen molar-refractivity contribution < 1.29 is 47.5 Å². The molecule has 4 N–H and O–H groups in total. The van der Waals surface area contributed by atoms with Gasteiger partial charge in [-0.3, -0.25) is 23.4 Å². The van der Waals surface area contributed by atoms with E-state index in [0.29, 0.717) is 12.8 Å². The number of carbonyl (C=O) groups is 3. The Bertz CT molecular complexity index is 1200. The van der Waals surface area contributed by atoms with Gasteiger partial charge in [-0.05, 0) is 51.4 Å². The minimum atomic E-state index is -4.72. The number of allylic oxidation sites excluding steroid dienone is 8. The first kappa shape index (κ1) is 57.4. The molecule has 0 aromatic carbocycles. The van der Waals surface area contributed by atoms with Crippen LogP contribution >= 0.6 is 7.82 Å². The molecule has 0 aliphatic heterocycles. The second-order valence-corrected chi connectivity index (χ2v) is 17.3. The highest BCUT2D eigenvalue weighted by Crippen LogP contribution is 2.43. The zero-order valence-electron chi connectivity index (χ0n) is 37.8. The second-order valence-electron chi connectivity index (χ2n) is 15.9. The van der Waals surface area contributed by atoms with Crippen LogP contribution in [0.15, 0.2) is 48.6 Å². The van der Waals surface area contributed by atoms with Crippen molar-refractivity contribution in [3.05, 3.63) is 48.6 Å². The van der Waals surface area contributed by atoms with Crippen LogP contribution in [-0.2, 0) is 37.5 Å². The molecule has 0 fully saturated rings. The van der Waals surface area contributed by atoms with Gasteiger partial charge in [-0.1, -0.05) is 191 Å². The van der Waals surface area contributed by atoms with Gasteiger partial charge < -0.3 is 25.2 Å². The highest BCUT2D eigenvalue weighted by atomic mass is 31.2. The number of carbonyl (C=O) groups excluding carboxylic acids is 2. The lowest BCUT2D eigenvalue weighted by Crippen LogP contribution is -2.34. The predicted molar refractivity (Wildman–Crippen MR) is 245 cm³/mol. The average Bonchev–Trinajstić information content (AvgIpc) is 3.22. The first-order chi connectivity index (χ1) is 29.1. The largest absolute Gasteiger partial charge is 0.480 e. The van der Waals surface area contributed by atoms with E-state index in [1.54, 1.807) is 0 Å². The zero-order valence-corrected chi connectivity index (χ0v) is 38.7. The normalized spacial score (nSPS) is 14.1. The highest BCUT2D eigenvalue weighted by molar-refractivity contribution is 7.47. The number of carboxylic acid groups (broad SMARTS) is 1. The van der Waals surface area contributed by atoms with Crippen LogP contribution in [-0.4, -0.2) is 59.9 Å². The fourth-order valence-electron chi connectivity index (χ4n) is 6.41. The summed E-state index contributed by atoms with van der Waals surface area (Å²) in [5.74, 6) is -2.38. The average molecular weight is 868 g/mol. The SMILES string of the molecule is CC/C=C\C/C=C\C/C=C\C/C=C\CCCCCCCCCCCCC(=O)OC(COC(=O)CCCCCCCCCCCCCCC)COP(=O)(O)OCC(N)C(=O)O. The topological polar surface area (TPSA) is 172 Å². The Kier molecular flexibility index (Phi) is 41.3. The van der Waals surface area contributed by atoms with E-state index in [4.69, 9.17) is 24.8 Å². The molecule has 0 radical (unpaired) electrons. The summed E-state index contributed by atoms with van der Waals surface area (Å²) in [5.41, 5.74) is 5.34. The Morgan fingerprint density at radius 3 is 1.40 bits per heavy atom. The van der Waals surface area contributed by atoms with Gasteiger partial charge in [0.15, 0.2) is 6.10 Å². The predicted octanol–water partition coefficient (Wildman–Crippen LogP) is 13.0. The molecule has 60 heavy (non-hydrogen) atoms. The number of rotatable bonds is 44. The van der Waals surface area contributed by atoms with E-state index in [0.717, 1.165) is 70.6 Å². The van der Waals surface area contributed by atoms with Crippen molar-refractivity contribution in [3.63, 3.8) is 0 Å². The molecule has 0 saturated heterocycles. The van der Waals surface area contributed by atoms with Crippen LogP contribution in [0.2, 0.25) is 0 Å². The van der Waals surface area contributed by atoms with Crippen LogP contribution in [0.25, 0.3) is 0 Å². The van der Waals surface area contributed by atoms with E-state index in [1.807, 2.05) is 0 Å². The molecule has 0 heterocycles. The summed E-state index contributed by atoms with van der Waals surface area (Å²) in [5, 5.41) is 8.90. The van der Waals surface area contributed by atoms with E-state index in [9.17, 15) is 23.8 Å². The van der Waals surface area contributed by atoms with Crippen molar-refractivity contribution in [3.8, 4) is 0 Å². The Labute approximate surface area is 365 Å². The number of unbranched alkanes of at least 4 members (excludes halogenated alkanes) is 22. The molecule has 0 aliphatic carbocycles. The van der Waals surface area contributed by atoms with Crippen molar-refractivity contribution in [1.29, 1.82) is 0 Å². The summed E-state index contributed by atoms with van der Waals surface area (Å²) >= 11 is 0. The third-order valence-electron chi connectivity index (χ3n) is 10.1. The third-order valence-corrected chi connectivity index (χ3v) is 11.0. The highest BCUT2D eigenvalue weighted by Gasteiger charge is 2.28. The van der Waals surface area contributed by atoms with E-state index in [-0.39, 0.29) is 19.4 Å². The van der Waals surface area contributed by atoms with Gasteiger partial charge in [0, 0.05) is 12.8 Å². The minimum absolute atomic E-state index is 0.156. The Hall–Kier alpha value is -2.56. The summed E-state index contributed by atoms with van der Waals surface area (Å²) in [4.78, 5) is 46.0. The number of hydrogen-bond acceptors (Lipinski definition) is 9. The quantitative estimate of drug-likeness (QED) is 0.0230. The van der Waals surface area contributed by atoms with E-state index >= 15 is 0 Å². The van der Waals surface area contributed by atoms with Crippen molar-refractivity contribution >= 4 is 25.7 Å². The molecule has 0 aliphatic rings. The van der Waals surface area contributed by atoms with E-state index in [1.165, 1.54) is 96.3 Å². The first-order valence-electron chi connectivity index (χ1n) is 23.7. The maximum Gasteiger partial charge on any atom is 0.472 e. The van der Waals surface area contributed by atoms with Crippen molar-refractivity contribution in [2.45, 2.75) is 219 Å². The summed E-state index contributed by atoms with van der Waals surface area (Å²) in [6.45, 7) is 2.70. The van der Waals surface area contributed by atoms with Crippen LogP contribution in [0.3, 0.4) is 0 Å². The zero-order chi connectivity index (χ0) is 44.2. The smallest absolute Gasteiger partial charge is 0.472 e. The monoisotopic (exact) mass is 868 g/mol. The van der Waals surface area contributed by atoms with Crippen LogP contribution in [0.4, 0.5) is 0 Å². The molecule has 0 aromatic heterocycles. The Morgan fingerprint density at radius 1 is 0.533 bits per heavy atom. The summed E-state index contributed by atoms with van der Waals surface area (Å²) in [6.07, 6.45) is 48.8. The number of carboxylic acids is 1. The maximum absolute atomic E-state index is 12.7. The summed E-state index contributed by atoms with van der Waals surface area (Å²) in [7, 11) is -4.72. The molecular formula is C48H86NO10P. The number of phosphoric acid groups is 1. The lowest BCUT2D eigenvalue weighted by atomic mass is 10.0. The van der Waals surface area contributed by atoms with Gasteiger partial charge in [0.2, 0.25) is 0 Å². The van der Waals surface area contributed by atoms with E-state index in [2.05, 4.69) is 67.0 Å². The number of phosphoric ester groups is 1. The maximum atomic E-state index is 12.7. The Balaban J connectivity index is 4.26. The lowest BCUT2D eigenvalue weighted by molar-refractivity contribution is -0.161. The van der Waals surface area contributed by atoms with Crippen molar-refractivity contribution in [2.75, 3.05) is 19.8 Å². The number of hydrogen-bond donors (Lipinski definition) is 3. The standard InChI is InChI=1S/C48H86NO10P/c1-3-5-7-9-11-13-15-17-18-19-20-21-22-23-24-25-26-28-30-32-34-36-38-40-47(51)59-44(42-57-60(54,55)58-43-45(49)48(52)53)41-56-46(50)39-37-35-33-31-29-27-16-14-12-10-8-6-4-2/h5,7,11,13,17-18,20-21,44-45H,3-4,6,8-10,12,14-16,19,22-43,49H2,1-2H3,(H,52,53)(H,54,55)/b7-5-,13-11-,18-17-,21-20-.